The summed E-state index contributed by atoms with van der Waals surface area (Å²) < 4.78 is 5.29. The number of nitrogens with one attached hydrogen (secondary N) is 2. The summed E-state index contributed by atoms with van der Waals surface area (Å²) in [7, 11) is 0. The van der Waals surface area contributed by atoms with Gasteiger partial charge in [-0.25, -0.2) is 4.79 Å². The van der Waals surface area contributed by atoms with Crippen molar-refractivity contribution in [2.24, 2.45) is 0 Å². The van der Waals surface area contributed by atoms with Crippen molar-refractivity contribution in [1.82, 2.24) is 5.32 Å². The zero-order chi connectivity index (χ0) is 24.7. The largest absolute Gasteiger partial charge is 0.458 e. The van der Waals surface area contributed by atoms with Crippen LogP contribution in [0.5, 0.6) is 0 Å². The molecule has 1 heterocycles. The molecule has 0 aliphatic carbocycles. The van der Waals surface area contributed by atoms with E-state index in [0.29, 0.717) is 32.6 Å². The monoisotopic (exact) mass is 493 g/mol. The van der Waals surface area contributed by atoms with E-state index in [1.54, 1.807) is 31.2 Å². The van der Waals surface area contributed by atoms with Crippen molar-refractivity contribution >= 4 is 40.9 Å². The zero-order valence-electron chi connectivity index (χ0n) is 18.9. The maximum Gasteiger partial charge on any atom is 0.337 e. The van der Waals surface area contributed by atoms with Gasteiger partial charge in [-0.2, -0.15) is 5.26 Å². The molecule has 1 aliphatic heterocycles. The van der Waals surface area contributed by atoms with Gasteiger partial charge in [-0.1, -0.05) is 71.9 Å². The van der Waals surface area contributed by atoms with E-state index in [1.807, 2.05) is 31.2 Å². The number of esters is 1. The summed E-state index contributed by atoms with van der Waals surface area (Å²) in [6, 6.07) is 16.8. The SMILES string of the molecule is C=CCOC(=O)C1=C(C)NC(SCC(=O)Nc2ccc(C)cc2)=C(C#N)C1c1ccccc1Cl. The lowest BCUT2D eigenvalue weighted by molar-refractivity contribution is -0.138. The van der Waals surface area contributed by atoms with E-state index < -0.39 is 11.9 Å². The number of ether oxygens (including phenoxy) is 1. The van der Waals surface area contributed by atoms with Crippen LogP contribution in [-0.2, 0) is 14.3 Å². The summed E-state index contributed by atoms with van der Waals surface area (Å²) in [4.78, 5) is 25.4. The van der Waals surface area contributed by atoms with Crippen molar-refractivity contribution in [1.29, 1.82) is 5.26 Å². The highest BCUT2D eigenvalue weighted by atomic mass is 35.5. The zero-order valence-corrected chi connectivity index (χ0v) is 20.4. The second-order valence-corrected chi connectivity index (χ2v) is 8.96. The Labute approximate surface area is 208 Å². The molecule has 1 unspecified atom stereocenters. The number of allylic oxidation sites excluding steroid dienone is 2. The first-order valence-corrected chi connectivity index (χ1v) is 11.9. The van der Waals surface area contributed by atoms with Crippen molar-refractivity contribution in [3.05, 3.63) is 99.2 Å². The third-order valence-electron chi connectivity index (χ3n) is 5.10. The lowest BCUT2D eigenvalue weighted by atomic mass is 9.82. The highest BCUT2D eigenvalue weighted by Gasteiger charge is 2.36. The third-order valence-corrected chi connectivity index (χ3v) is 6.46. The molecule has 2 aromatic rings. The molecular formula is C26H24ClN3O3S. The van der Waals surface area contributed by atoms with Crippen LogP contribution in [0.4, 0.5) is 5.69 Å². The number of anilines is 1. The number of hydrogen-bond acceptors (Lipinski definition) is 6. The van der Waals surface area contributed by atoms with Crippen LogP contribution >= 0.6 is 23.4 Å². The molecule has 0 fully saturated rings. The first kappa shape index (κ1) is 25.2. The summed E-state index contributed by atoms with van der Waals surface area (Å²) in [6.07, 6.45) is 1.48. The van der Waals surface area contributed by atoms with Gasteiger partial charge >= 0.3 is 5.97 Å². The Morgan fingerprint density at radius 1 is 1.24 bits per heavy atom. The minimum Gasteiger partial charge on any atom is -0.458 e. The van der Waals surface area contributed by atoms with E-state index in [-0.39, 0.29) is 23.8 Å². The van der Waals surface area contributed by atoms with Gasteiger partial charge in [0.25, 0.3) is 0 Å². The Morgan fingerprint density at radius 2 is 1.94 bits per heavy atom. The molecule has 3 rings (SSSR count). The first-order valence-electron chi connectivity index (χ1n) is 10.5. The number of carbonyl (C=O) groups excluding carboxylic acids is 2. The number of thioether (sulfide) groups is 1. The van der Waals surface area contributed by atoms with Gasteiger partial charge < -0.3 is 15.4 Å². The molecule has 0 radical (unpaired) electrons. The Kier molecular flexibility index (Phi) is 8.58. The summed E-state index contributed by atoms with van der Waals surface area (Å²) in [5.41, 5.74) is 3.50. The normalized spacial score (nSPS) is 15.3. The minimum atomic E-state index is -0.736. The summed E-state index contributed by atoms with van der Waals surface area (Å²) in [5.74, 6) is -1.45. The quantitative estimate of drug-likeness (QED) is 0.375. The van der Waals surface area contributed by atoms with Crippen LogP contribution < -0.4 is 10.6 Å². The molecular weight excluding hydrogens is 470 g/mol. The number of hydrogen-bond donors (Lipinski definition) is 2. The fourth-order valence-corrected chi connectivity index (χ4v) is 4.64. The van der Waals surface area contributed by atoms with Gasteiger partial charge in [0.2, 0.25) is 5.91 Å². The van der Waals surface area contributed by atoms with E-state index in [9.17, 15) is 14.9 Å². The highest BCUT2D eigenvalue weighted by Crippen LogP contribution is 2.43. The average molecular weight is 494 g/mol. The van der Waals surface area contributed by atoms with E-state index in [1.165, 1.54) is 17.8 Å². The lowest BCUT2D eigenvalue weighted by Gasteiger charge is -2.29. The number of rotatable bonds is 8. The van der Waals surface area contributed by atoms with Crippen molar-refractivity contribution < 1.29 is 14.3 Å². The highest BCUT2D eigenvalue weighted by molar-refractivity contribution is 8.03. The fraction of sp³-hybridized carbons (Fsp3) is 0.192. The fourth-order valence-electron chi connectivity index (χ4n) is 3.50. The van der Waals surface area contributed by atoms with Gasteiger partial charge in [-0.3, -0.25) is 4.79 Å². The summed E-state index contributed by atoms with van der Waals surface area (Å²) in [6.45, 7) is 7.31. The molecule has 1 atom stereocenters. The number of halogens is 1. The van der Waals surface area contributed by atoms with Gasteiger partial charge in [0, 0.05) is 16.4 Å². The Bertz CT molecular complexity index is 1210. The van der Waals surface area contributed by atoms with Crippen LogP contribution in [0.1, 0.15) is 24.0 Å². The van der Waals surface area contributed by atoms with Gasteiger partial charge in [-0.05, 0) is 37.6 Å². The molecule has 2 aromatic carbocycles. The van der Waals surface area contributed by atoms with Crippen molar-refractivity contribution in [2.75, 3.05) is 17.7 Å². The predicted molar refractivity (Wildman–Crippen MR) is 136 cm³/mol. The molecule has 0 saturated heterocycles. The summed E-state index contributed by atoms with van der Waals surface area (Å²) in [5, 5.41) is 17.0. The van der Waals surface area contributed by atoms with Gasteiger partial charge in [0.15, 0.2) is 0 Å². The maximum atomic E-state index is 12.9. The van der Waals surface area contributed by atoms with E-state index in [0.717, 1.165) is 5.56 Å². The first-order chi connectivity index (χ1) is 16.3. The van der Waals surface area contributed by atoms with Crippen molar-refractivity contribution in [2.45, 2.75) is 19.8 Å². The Hall–Kier alpha value is -3.47. The molecule has 8 heteroatoms. The van der Waals surface area contributed by atoms with Gasteiger partial charge in [0.1, 0.15) is 6.61 Å². The van der Waals surface area contributed by atoms with Crippen LogP contribution in [0.2, 0.25) is 5.02 Å². The standard InChI is InChI=1S/C26H24ClN3O3S/c1-4-13-33-26(32)23-17(3)29-25(20(14-28)24(23)19-7-5-6-8-21(19)27)34-15-22(31)30-18-11-9-16(2)10-12-18/h4-12,24,29H,1,13,15H2,2-3H3,(H,30,31). The number of amides is 1. The van der Waals surface area contributed by atoms with Crippen LogP contribution in [0.25, 0.3) is 0 Å². The molecule has 6 nitrogen and oxygen atoms in total. The van der Waals surface area contributed by atoms with Gasteiger partial charge in [0.05, 0.1) is 33.9 Å². The molecule has 0 saturated carbocycles. The number of carbonyl (C=O) groups is 2. The minimum absolute atomic E-state index is 0.0389. The van der Waals surface area contributed by atoms with Crippen LogP contribution in [0, 0.1) is 18.3 Å². The molecule has 1 amide bonds. The molecule has 34 heavy (non-hydrogen) atoms. The van der Waals surface area contributed by atoms with Gasteiger partial charge in [-0.15, -0.1) is 0 Å². The molecule has 0 spiro atoms. The number of aryl methyl sites for hydroxylation is 1. The number of nitrogens with zero attached hydrogens (tertiary/aromatic N) is 1. The molecule has 2 N–H and O–H groups in total. The predicted octanol–water partition coefficient (Wildman–Crippen LogP) is 5.45. The smallest absolute Gasteiger partial charge is 0.337 e. The average Bonchev–Trinajstić information content (AvgIpc) is 2.82. The second-order valence-electron chi connectivity index (χ2n) is 7.56. The number of nitriles is 1. The molecule has 0 aromatic heterocycles. The number of benzene rings is 2. The molecule has 0 bridgehead atoms. The topological polar surface area (TPSA) is 91.2 Å². The van der Waals surface area contributed by atoms with E-state index >= 15 is 0 Å². The summed E-state index contributed by atoms with van der Waals surface area (Å²) >= 11 is 7.65. The Balaban J connectivity index is 1.91. The maximum absolute atomic E-state index is 12.9. The van der Waals surface area contributed by atoms with Crippen LogP contribution in [0.3, 0.4) is 0 Å². The van der Waals surface area contributed by atoms with Crippen LogP contribution in [0.15, 0.2) is 83.1 Å². The Morgan fingerprint density at radius 3 is 2.59 bits per heavy atom. The van der Waals surface area contributed by atoms with Crippen LogP contribution in [-0.4, -0.2) is 24.2 Å². The van der Waals surface area contributed by atoms with E-state index in [4.69, 9.17) is 16.3 Å². The van der Waals surface area contributed by atoms with E-state index in [2.05, 4.69) is 23.3 Å². The molecule has 1 aliphatic rings. The molecule has 174 valence electrons. The van der Waals surface area contributed by atoms with Crippen molar-refractivity contribution in [3.63, 3.8) is 0 Å². The lowest BCUT2D eigenvalue weighted by Crippen LogP contribution is -2.29. The van der Waals surface area contributed by atoms with Crippen molar-refractivity contribution in [3.8, 4) is 6.07 Å². The number of dihydropyridines is 1. The third kappa shape index (κ3) is 5.90. The second kappa shape index (κ2) is 11.6.